The van der Waals surface area contributed by atoms with Gasteiger partial charge in [0.2, 0.25) is 0 Å². The SMILES string of the molecule is c1cc(CNCCC2CCOC2)[nH]n1. The summed E-state index contributed by atoms with van der Waals surface area (Å²) in [5.74, 6) is 0.768. The van der Waals surface area contributed by atoms with Gasteiger partial charge in [-0.15, -0.1) is 0 Å². The fourth-order valence-electron chi connectivity index (χ4n) is 1.72. The van der Waals surface area contributed by atoms with E-state index >= 15 is 0 Å². The van der Waals surface area contributed by atoms with Crippen molar-refractivity contribution in [3.05, 3.63) is 18.0 Å². The standard InChI is InChI=1S/C10H17N3O/c1(9-3-6-14-8-9)4-11-7-10-2-5-12-13-10/h2,5,9,11H,1,3-4,6-8H2,(H,12,13). The summed E-state index contributed by atoms with van der Waals surface area (Å²) in [5.41, 5.74) is 1.15. The molecule has 0 radical (unpaired) electrons. The Labute approximate surface area is 84.0 Å². The number of hydrogen-bond acceptors (Lipinski definition) is 3. The van der Waals surface area contributed by atoms with Gasteiger partial charge in [-0.2, -0.15) is 5.10 Å². The molecule has 14 heavy (non-hydrogen) atoms. The molecule has 78 valence electrons. The molecule has 0 aliphatic carbocycles. The Hall–Kier alpha value is -0.870. The van der Waals surface area contributed by atoms with Gasteiger partial charge in [0.05, 0.1) is 0 Å². The van der Waals surface area contributed by atoms with Gasteiger partial charge in [-0.25, -0.2) is 0 Å². The number of nitrogens with one attached hydrogen (secondary N) is 2. The number of nitrogens with zero attached hydrogens (tertiary/aromatic N) is 1. The monoisotopic (exact) mass is 195 g/mol. The lowest BCUT2D eigenvalue weighted by Crippen LogP contribution is -2.18. The summed E-state index contributed by atoms with van der Waals surface area (Å²) in [6.45, 7) is 3.84. The fourth-order valence-corrected chi connectivity index (χ4v) is 1.72. The largest absolute Gasteiger partial charge is 0.381 e. The number of aromatic amines is 1. The van der Waals surface area contributed by atoms with E-state index in [1.807, 2.05) is 6.07 Å². The Morgan fingerprint density at radius 1 is 1.64 bits per heavy atom. The molecule has 2 rings (SSSR count). The Bertz CT molecular complexity index is 242. The minimum Gasteiger partial charge on any atom is -0.381 e. The van der Waals surface area contributed by atoms with Gasteiger partial charge in [-0.05, 0) is 31.4 Å². The van der Waals surface area contributed by atoms with Crippen LogP contribution < -0.4 is 5.32 Å². The van der Waals surface area contributed by atoms with Crippen LogP contribution in [-0.4, -0.2) is 30.0 Å². The molecule has 0 bridgehead atoms. The van der Waals surface area contributed by atoms with E-state index in [-0.39, 0.29) is 0 Å². The van der Waals surface area contributed by atoms with Crippen molar-refractivity contribution in [1.82, 2.24) is 15.5 Å². The predicted octanol–water partition coefficient (Wildman–Crippen LogP) is 0.926. The lowest BCUT2D eigenvalue weighted by Gasteiger charge is -2.07. The number of ether oxygens (including phenoxy) is 1. The van der Waals surface area contributed by atoms with Crippen molar-refractivity contribution >= 4 is 0 Å². The second kappa shape index (κ2) is 5.12. The summed E-state index contributed by atoms with van der Waals surface area (Å²) in [5, 5.41) is 10.2. The van der Waals surface area contributed by atoms with Gasteiger partial charge in [0.1, 0.15) is 0 Å². The molecule has 0 saturated carbocycles. The first-order valence-electron chi connectivity index (χ1n) is 5.22. The zero-order chi connectivity index (χ0) is 9.64. The summed E-state index contributed by atoms with van der Waals surface area (Å²) in [4.78, 5) is 0. The minimum absolute atomic E-state index is 0.768. The molecule has 1 aliphatic heterocycles. The third-order valence-electron chi connectivity index (χ3n) is 2.63. The molecule has 4 nitrogen and oxygen atoms in total. The van der Waals surface area contributed by atoms with Crippen LogP contribution in [0.5, 0.6) is 0 Å². The van der Waals surface area contributed by atoms with E-state index in [0.717, 1.165) is 37.9 Å². The molecule has 1 aliphatic rings. The molecular formula is C10H17N3O. The maximum Gasteiger partial charge on any atom is 0.0495 e. The first-order valence-corrected chi connectivity index (χ1v) is 5.22. The van der Waals surface area contributed by atoms with Gasteiger partial charge in [-0.3, -0.25) is 5.10 Å². The average Bonchev–Trinajstić information content (AvgIpc) is 2.86. The molecule has 1 aromatic heterocycles. The highest BCUT2D eigenvalue weighted by atomic mass is 16.5. The van der Waals surface area contributed by atoms with Crippen LogP contribution in [-0.2, 0) is 11.3 Å². The second-order valence-corrected chi connectivity index (χ2v) is 3.78. The lowest BCUT2D eigenvalue weighted by molar-refractivity contribution is 0.184. The van der Waals surface area contributed by atoms with Crippen LogP contribution in [0.1, 0.15) is 18.5 Å². The van der Waals surface area contributed by atoms with E-state index in [1.54, 1.807) is 6.20 Å². The third kappa shape index (κ3) is 2.82. The van der Waals surface area contributed by atoms with Crippen LogP contribution in [0.15, 0.2) is 12.3 Å². The number of H-pyrrole nitrogens is 1. The Morgan fingerprint density at radius 3 is 3.36 bits per heavy atom. The Kier molecular flexibility index (Phi) is 3.54. The number of hydrogen-bond donors (Lipinski definition) is 2. The summed E-state index contributed by atoms with van der Waals surface area (Å²) < 4.78 is 5.32. The summed E-state index contributed by atoms with van der Waals surface area (Å²) in [6.07, 6.45) is 4.22. The van der Waals surface area contributed by atoms with Crippen molar-refractivity contribution in [2.24, 2.45) is 5.92 Å². The first-order chi connectivity index (χ1) is 6.95. The van der Waals surface area contributed by atoms with Gasteiger partial charge >= 0.3 is 0 Å². The lowest BCUT2D eigenvalue weighted by atomic mass is 10.1. The van der Waals surface area contributed by atoms with Crippen molar-refractivity contribution in [3.63, 3.8) is 0 Å². The molecular weight excluding hydrogens is 178 g/mol. The molecule has 0 aromatic carbocycles. The predicted molar refractivity (Wildman–Crippen MR) is 53.8 cm³/mol. The van der Waals surface area contributed by atoms with E-state index in [9.17, 15) is 0 Å². The quantitative estimate of drug-likeness (QED) is 0.687. The highest BCUT2D eigenvalue weighted by Crippen LogP contribution is 2.15. The van der Waals surface area contributed by atoms with Crippen molar-refractivity contribution in [2.45, 2.75) is 19.4 Å². The average molecular weight is 195 g/mol. The summed E-state index contributed by atoms with van der Waals surface area (Å²) in [6, 6.07) is 1.99. The topological polar surface area (TPSA) is 49.9 Å². The molecule has 1 saturated heterocycles. The fraction of sp³-hybridized carbons (Fsp3) is 0.700. The molecule has 0 spiro atoms. The molecule has 1 unspecified atom stereocenters. The molecule has 0 amide bonds. The van der Waals surface area contributed by atoms with E-state index in [2.05, 4.69) is 15.5 Å². The molecule has 2 heterocycles. The van der Waals surface area contributed by atoms with Crippen LogP contribution in [0, 0.1) is 5.92 Å². The highest BCUT2D eigenvalue weighted by molar-refractivity contribution is 4.96. The van der Waals surface area contributed by atoms with E-state index < -0.39 is 0 Å². The highest BCUT2D eigenvalue weighted by Gasteiger charge is 2.14. The number of aromatic nitrogens is 2. The van der Waals surface area contributed by atoms with Crippen molar-refractivity contribution < 1.29 is 4.74 Å². The van der Waals surface area contributed by atoms with Crippen LogP contribution in [0.2, 0.25) is 0 Å². The smallest absolute Gasteiger partial charge is 0.0495 e. The van der Waals surface area contributed by atoms with E-state index in [4.69, 9.17) is 4.74 Å². The first kappa shape index (κ1) is 9.68. The molecule has 1 aromatic rings. The summed E-state index contributed by atoms with van der Waals surface area (Å²) >= 11 is 0. The summed E-state index contributed by atoms with van der Waals surface area (Å²) in [7, 11) is 0. The van der Waals surface area contributed by atoms with Gasteiger partial charge in [0.15, 0.2) is 0 Å². The maximum absolute atomic E-state index is 5.32. The van der Waals surface area contributed by atoms with Crippen molar-refractivity contribution in [1.29, 1.82) is 0 Å². The second-order valence-electron chi connectivity index (χ2n) is 3.78. The Balaban J connectivity index is 1.55. The molecule has 1 fully saturated rings. The van der Waals surface area contributed by atoms with Crippen molar-refractivity contribution in [3.8, 4) is 0 Å². The van der Waals surface area contributed by atoms with Gasteiger partial charge < -0.3 is 10.1 Å². The third-order valence-corrected chi connectivity index (χ3v) is 2.63. The van der Waals surface area contributed by atoms with Gasteiger partial charge in [0.25, 0.3) is 0 Å². The van der Waals surface area contributed by atoms with Crippen LogP contribution in [0.4, 0.5) is 0 Å². The minimum atomic E-state index is 0.768. The van der Waals surface area contributed by atoms with Crippen molar-refractivity contribution in [2.75, 3.05) is 19.8 Å². The van der Waals surface area contributed by atoms with Crippen LogP contribution in [0.25, 0.3) is 0 Å². The molecule has 2 N–H and O–H groups in total. The van der Waals surface area contributed by atoms with Crippen LogP contribution in [0.3, 0.4) is 0 Å². The molecule has 1 atom stereocenters. The molecule has 4 heteroatoms. The Morgan fingerprint density at radius 2 is 2.64 bits per heavy atom. The van der Waals surface area contributed by atoms with Crippen LogP contribution >= 0.6 is 0 Å². The van der Waals surface area contributed by atoms with Gasteiger partial charge in [0, 0.05) is 31.6 Å². The number of rotatable bonds is 5. The normalized spacial score (nSPS) is 21.6. The van der Waals surface area contributed by atoms with E-state index in [0.29, 0.717) is 0 Å². The zero-order valence-corrected chi connectivity index (χ0v) is 8.33. The zero-order valence-electron chi connectivity index (χ0n) is 8.33. The van der Waals surface area contributed by atoms with E-state index in [1.165, 1.54) is 12.8 Å². The maximum atomic E-state index is 5.32. The van der Waals surface area contributed by atoms with Gasteiger partial charge in [-0.1, -0.05) is 0 Å².